The number of aromatic nitrogens is 1. The van der Waals surface area contributed by atoms with Gasteiger partial charge in [-0.1, -0.05) is 23.7 Å². The molecule has 0 saturated carbocycles. The smallest absolute Gasteiger partial charge is 0.197 e. The van der Waals surface area contributed by atoms with Crippen LogP contribution >= 0.6 is 24.0 Å². The molecule has 0 aliphatic rings. The molecule has 3 N–H and O–H groups in total. The predicted molar refractivity (Wildman–Crippen MR) is 114 cm³/mol. The lowest BCUT2D eigenvalue weighted by atomic mass is 10.00. The highest BCUT2D eigenvalue weighted by Gasteiger charge is 2.22. The molecule has 8 heteroatoms. The number of nitrogens with zero attached hydrogens (tertiary/aromatic N) is 1. The highest BCUT2D eigenvalue weighted by molar-refractivity contribution is 6.33. The Morgan fingerprint density at radius 2 is 1.79 bits per heavy atom. The fourth-order valence-electron chi connectivity index (χ4n) is 3.34. The number of aromatic hydroxyl groups is 2. The summed E-state index contributed by atoms with van der Waals surface area (Å²) >= 11 is 6.24. The summed E-state index contributed by atoms with van der Waals surface area (Å²) < 4.78 is 7.67. The van der Waals surface area contributed by atoms with Crippen molar-refractivity contribution in [2.45, 2.75) is 6.61 Å². The summed E-state index contributed by atoms with van der Waals surface area (Å²) in [6.07, 6.45) is 1.72. The third-order valence-electron chi connectivity index (χ3n) is 4.72. The molecule has 0 amide bonds. The number of phenols is 2. The molecule has 4 rings (SSSR count). The van der Waals surface area contributed by atoms with Gasteiger partial charge in [0.25, 0.3) is 0 Å². The Morgan fingerprint density at radius 3 is 2.48 bits per heavy atom. The van der Waals surface area contributed by atoms with Crippen LogP contribution in [0.5, 0.6) is 11.5 Å². The van der Waals surface area contributed by atoms with Gasteiger partial charge in [0.2, 0.25) is 0 Å². The highest BCUT2D eigenvalue weighted by Crippen LogP contribution is 2.43. The molecule has 0 atom stereocenters. The van der Waals surface area contributed by atoms with Crippen LogP contribution in [-0.4, -0.2) is 19.9 Å². The quantitative estimate of drug-likeness (QED) is 0.443. The Morgan fingerprint density at radius 1 is 1.07 bits per heavy atom. The zero-order chi connectivity index (χ0) is 20.0. The van der Waals surface area contributed by atoms with Crippen molar-refractivity contribution < 1.29 is 19.7 Å². The summed E-state index contributed by atoms with van der Waals surface area (Å²) in [5, 5.41) is 30.9. The van der Waals surface area contributed by atoms with Crippen molar-refractivity contribution in [3.63, 3.8) is 0 Å². The molecule has 0 fully saturated rings. The summed E-state index contributed by atoms with van der Waals surface area (Å²) in [5.74, 6) is -0.460. The minimum absolute atomic E-state index is 0. The fraction of sp³-hybridized carbons (Fsp3) is 0.0952. The average molecular weight is 434 g/mol. The monoisotopic (exact) mass is 433 g/mol. The number of fused-ring (bicyclic) bond motifs is 1. The van der Waals surface area contributed by atoms with Crippen LogP contribution in [0.3, 0.4) is 0 Å². The third-order valence-corrected chi connectivity index (χ3v) is 5.05. The van der Waals surface area contributed by atoms with Crippen molar-refractivity contribution in [1.82, 2.24) is 4.57 Å². The van der Waals surface area contributed by atoms with E-state index in [9.17, 15) is 20.1 Å². The Kier molecular flexibility index (Phi) is 5.61. The SMILES string of the molecule is Cl.Cn1ccc(-c2c(O)cc(O)c3c(=O)cc(-c4ccccc4Cl)oc23)c1CO. The van der Waals surface area contributed by atoms with Crippen LogP contribution < -0.4 is 5.43 Å². The third kappa shape index (κ3) is 3.35. The summed E-state index contributed by atoms with van der Waals surface area (Å²) in [6, 6.07) is 10.9. The van der Waals surface area contributed by atoms with Gasteiger partial charge in [0.1, 0.15) is 22.6 Å². The van der Waals surface area contributed by atoms with Crippen molar-refractivity contribution in [3.05, 3.63) is 69.6 Å². The van der Waals surface area contributed by atoms with Crippen molar-refractivity contribution >= 4 is 35.0 Å². The van der Waals surface area contributed by atoms with Gasteiger partial charge >= 0.3 is 0 Å². The minimum Gasteiger partial charge on any atom is -0.507 e. The van der Waals surface area contributed by atoms with E-state index in [-0.39, 0.29) is 47.1 Å². The van der Waals surface area contributed by atoms with Crippen molar-refractivity contribution in [2.24, 2.45) is 7.05 Å². The van der Waals surface area contributed by atoms with E-state index >= 15 is 0 Å². The second-order valence-electron chi connectivity index (χ2n) is 6.39. The number of aryl methyl sites for hydroxylation is 1. The zero-order valence-electron chi connectivity index (χ0n) is 15.2. The van der Waals surface area contributed by atoms with Crippen LogP contribution in [0.25, 0.3) is 33.4 Å². The molecule has 0 unspecified atom stereocenters. The van der Waals surface area contributed by atoms with E-state index in [0.29, 0.717) is 21.8 Å². The van der Waals surface area contributed by atoms with Gasteiger partial charge in [-0.2, -0.15) is 0 Å². The molecule has 0 aliphatic heterocycles. The molecule has 29 heavy (non-hydrogen) atoms. The number of hydrogen-bond donors (Lipinski definition) is 3. The number of rotatable bonds is 3. The summed E-state index contributed by atoms with van der Waals surface area (Å²) in [6.45, 7) is -0.283. The molecule has 2 heterocycles. The number of halogens is 2. The predicted octanol–water partition coefficient (Wildman–Crippen LogP) is 4.44. The van der Waals surface area contributed by atoms with Gasteiger partial charge in [-0.05, 0) is 18.2 Å². The summed E-state index contributed by atoms with van der Waals surface area (Å²) in [4.78, 5) is 12.8. The first-order chi connectivity index (χ1) is 13.4. The maximum absolute atomic E-state index is 12.8. The molecule has 0 aliphatic carbocycles. The molecule has 0 radical (unpaired) electrons. The zero-order valence-corrected chi connectivity index (χ0v) is 16.8. The molecule has 2 aromatic heterocycles. The molecular weight excluding hydrogens is 417 g/mol. The van der Waals surface area contributed by atoms with E-state index in [0.717, 1.165) is 6.07 Å². The molecule has 2 aromatic carbocycles. The Labute approximate surface area is 176 Å². The van der Waals surface area contributed by atoms with Crippen molar-refractivity contribution in [1.29, 1.82) is 0 Å². The van der Waals surface area contributed by atoms with Gasteiger partial charge in [0, 0.05) is 36.5 Å². The van der Waals surface area contributed by atoms with Crippen LogP contribution in [0, 0.1) is 0 Å². The molecule has 0 spiro atoms. The highest BCUT2D eigenvalue weighted by atomic mass is 35.5. The lowest BCUT2D eigenvalue weighted by molar-refractivity contribution is 0.273. The van der Waals surface area contributed by atoms with E-state index in [4.69, 9.17) is 16.0 Å². The number of aliphatic hydroxyl groups is 1. The van der Waals surface area contributed by atoms with Gasteiger partial charge in [0.15, 0.2) is 11.0 Å². The maximum Gasteiger partial charge on any atom is 0.197 e. The average Bonchev–Trinajstić information content (AvgIpc) is 3.01. The second kappa shape index (κ2) is 7.83. The van der Waals surface area contributed by atoms with E-state index in [2.05, 4.69) is 0 Å². The Balaban J connectivity index is 0.00000240. The lowest BCUT2D eigenvalue weighted by Gasteiger charge is -2.12. The van der Waals surface area contributed by atoms with Gasteiger partial charge in [0.05, 0.1) is 22.9 Å². The van der Waals surface area contributed by atoms with Gasteiger partial charge in [-0.25, -0.2) is 0 Å². The van der Waals surface area contributed by atoms with Gasteiger partial charge in [-0.3, -0.25) is 4.79 Å². The normalized spacial score (nSPS) is 10.9. The molecule has 0 saturated heterocycles. The van der Waals surface area contributed by atoms with Crippen LogP contribution in [0.15, 0.2) is 57.9 Å². The van der Waals surface area contributed by atoms with Crippen LogP contribution in [0.1, 0.15) is 5.69 Å². The molecule has 4 aromatic rings. The maximum atomic E-state index is 12.8. The first-order valence-corrected chi connectivity index (χ1v) is 8.83. The van der Waals surface area contributed by atoms with Crippen LogP contribution in [0.4, 0.5) is 0 Å². The van der Waals surface area contributed by atoms with E-state index in [1.807, 2.05) is 0 Å². The minimum atomic E-state index is -0.476. The van der Waals surface area contributed by atoms with Crippen molar-refractivity contribution in [3.8, 4) is 33.9 Å². The number of aliphatic hydroxyl groups excluding tert-OH is 1. The number of phenolic OH excluding ortho intramolecular Hbond substituents is 2. The Bertz CT molecular complexity index is 1280. The molecule has 150 valence electrons. The first-order valence-electron chi connectivity index (χ1n) is 8.45. The standard InChI is InChI=1S/C21H16ClNO5.ClH/c1-23-7-6-12(14(23)10-24)19-15(25)8-16(26)20-17(27)9-18(28-21(19)20)11-4-2-3-5-13(11)22;/h2-9,24-26H,10H2,1H3;1H. The largest absolute Gasteiger partial charge is 0.507 e. The second-order valence-corrected chi connectivity index (χ2v) is 6.80. The Hall–Kier alpha value is -2.93. The topological polar surface area (TPSA) is 95.8 Å². The first kappa shape index (κ1) is 20.8. The molecule has 0 bridgehead atoms. The fourth-order valence-corrected chi connectivity index (χ4v) is 3.57. The number of benzene rings is 2. The van der Waals surface area contributed by atoms with Crippen molar-refractivity contribution in [2.75, 3.05) is 0 Å². The number of hydrogen-bond acceptors (Lipinski definition) is 5. The van der Waals surface area contributed by atoms with E-state index < -0.39 is 11.2 Å². The summed E-state index contributed by atoms with van der Waals surface area (Å²) in [7, 11) is 1.75. The van der Waals surface area contributed by atoms with E-state index in [1.165, 1.54) is 6.07 Å². The van der Waals surface area contributed by atoms with Gasteiger partial charge < -0.3 is 24.3 Å². The molecular formula is C21H17Cl2NO5. The lowest BCUT2D eigenvalue weighted by Crippen LogP contribution is -2.03. The van der Waals surface area contributed by atoms with Crippen LogP contribution in [-0.2, 0) is 13.7 Å². The van der Waals surface area contributed by atoms with Crippen LogP contribution in [0.2, 0.25) is 5.02 Å². The van der Waals surface area contributed by atoms with Gasteiger partial charge in [-0.15, -0.1) is 12.4 Å². The summed E-state index contributed by atoms with van der Waals surface area (Å²) in [5.41, 5.74) is 1.27. The van der Waals surface area contributed by atoms with E-state index in [1.54, 1.807) is 48.1 Å². The molecule has 6 nitrogen and oxygen atoms in total.